The van der Waals surface area contributed by atoms with E-state index in [1.165, 1.54) is 0 Å². The fraction of sp³-hybridized carbons (Fsp3) is 0.500. The van der Waals surface area contributed by atoms with Crippen LogP contribution >= 0.6 is 0 Å². The van der Waals surface area contributed by atoms with E-state index in [0.29, 0.717) is 6.54 Å². The molecule has 1 aromatic heterocycles. The van der Waals surface area contributed by atoms with Crippen LogP contribution in [0.2, 0.25) is 0 Å². The highest BCUT2D eigenvalue weighted by molar-refractivity contribution is 5.77. The van der Waals surface area contributed by atoms with Gasteiger partial charge in [0.15, 0.2) is 0 Å². The molecule has 5 heteroatoms. The summed E-state index contributed by atoms with van der Waals surface area (Å²) in [5.74, 6) is 0. The van der Waals surface area contributed by atoms with Crippen LogP contribution in [0.15, 0.2) is 24.4 Å². The maximum atomic E-state index is 11.7. The molecule has 1 fully saturated rings. The van der Waals surface area contributed by atoms with E-state index in [0.717, 1.165) is 25.2 Å². The Morgan fingerprint density at radius 2 is 2.47 bits per heavy atom. The molecule has 92 valence electrons. The summed E-state index contributed by atoms with van der Waals surface area (Å²) < 4.78 is 0. The summed E-state index contributed by atoms with van der Waals surface area (Å²) in [6.45, 7) is 2.42. The van der Waals surface area contributed by atoms with Crippen LogP contribution in [0.1, 0.15) is 18.2 Å². The van der Waals surface area contributed by atoms with E-state index in [1.807, 2.05) is 30.1 Å². The van der Waals surface area contributed by atoms with Crippen molar-refractivity contribution in [1.29, 1.82) is 0 Å². The second kappa shape index (κ2) is 5.63. The predicted molar refractivity (Wildman–Crippen MR) is 65.6 cm³/mol. The number of carbonyl (C=O) groups is 1. The minimum atomic E-state index is 0.0109. The van der Waals surface area contributed by atoms with Gasteiger partial charge in [0.05, 0.1) is 11.7 Å². The van der Waals surface area contributed by atoms with Crippen LogP contribution < -0.4 is 10.6 Å². The predicted octanol–water partition coefficient (Wildman–Crippen LogP) is 0.757. The van der Waals surface area contributed by atoms with Gasteiger partial charge in [-0.25, -0.2) is 4.79 Å². The molecular weight excluding hydrogens is 216 g/mol. The summed E-state index contributed by atoms with van der Waals surface area (Å²) in [5.41, 5.74) is 0.928. The average molecular weight is 234 g/mol. The van der Waals surface area contributed by atoms with Gasteiger partial charge in [0, 0.05) is 19.3 Å². The van der Waals surface area contributed by atoms with Crippen molar-refractivity contribution in [2.24, 2.45) is 0 Å². The number of nitrogens with zero attached hydrogens (tertiary/aromatic N) is 2. The molecule has 0 aromatic carbocycles. The van der Waals surface area contributed by atoms with Crippen LogP contribution in [0, 0.1) is 0 Å². The average Bonchev–Trinajstić information content (AvgIpc) is 2.73. The van der Waals surface area contributed by atoms with Gasteiger partial charge in [-0.1, -0.05) is 6.07 Å². The molecule has 1 saturated heterocycles. The van der Waals surface area contributed by atoms with Crippen molar-refractivity contribution in [1.82, 2.24) is 20.5 Å². The third-order valence-electron chi connectivity index (χ3n) is 2.89. The monoisotopic (exact) mass is 234 g/mol. The number of rotatable bonds is 5. The number of hydrogen-bond donors (Lipinski definition) is 2. The molecule has 2 N–H and O–H groups in total. The topological polar surface area (TPSA) is 57.3 Å². The molecular formula is C12H18N4O. The summed E-state index contributed by atoms with van der Waals surface area (Å²) in [4.78, 5) is 17.8. The highest BCUT2D eigenvalue weighted by Crippen LogP contribution is 2.17. The number of hydrogen-bond acceptors (Lipinski definition) is 3. The molecule has 1 unspecified atom stereocenters. The lowest BCUT2D eigenvalue weighted by atomic mass is 10.2. The number of pyridine rings is 1. The lowest BCUT2D eigenvalue weighted by Gasteiger charge is -2.14. The van der Waals surface area contributed by atoms with Gasteiger partial charge in [0.2, 0.25) is 0 Å². The molecule has 1 aliphatic heterocycles. The van der Waals surface area contributed by atoms with Crippen LogP contribution in [-0.4, -0.2) is 42.6 Å². The van der Waals surface area contributed by atoms with Crippen LogP contribution in [0.5, 0.6) is 0 Å². The lowest BCUT2D eigenvalue weighted by Crippen LogP contribution is -2.30. The Morgan fingerprint density at radius 3 is 3.18 bits per heavy atom. The maximum absolute atomic E-state index is 11.7. The van der Waals surface area contributed by atoms with E-state index in [1.54, 1.807) is 6.20 Å². The molecule has 0 aliphatic carbocycles. The van der Waals surface area contributed by atoms with Crippen molar-refractivity contribution in [3.63, 3.8) is 0 Å². The normalized spacial score (nSPS) is 19.5. The Hall–Kier alpha value is -1.62. The van der Waals surface area contributed by atoms with Crippen molar-refractivity contribution in [2.75, 3.05) is 26.7 Å². The molecule has 0 spiro atoms. The third-order valence-corrected chi connectivity index (χ3v) is 2.89. The first-order valence-corrected chi connectivity index (χ1v) is 5.92. The van der Waals surface area contributed by atoms with Crippen molar-refractivity contribution < 1.29 is 4.79 Å². The Balaban J connectivity index is 1.91. The zero-order chi connectivity index (χ0) is 12.1. The largest absolute Gasteiger partial charge is 0.328 e. The highest BCUT2D eigenvalue weighted by Gasteiger charge is 2.29. The Morgan fingerprint density at radius 1 is 1.59 bits per heavy atom. The van der Waals surface area contributed by atoms with Gasteiger partial charge in [-0.05, 0) is 32.1 Å². The second-order valence-electron chi connectivity index (χ2n) is 4.16. The Kier molecular flexibility index (Phi) is 3.93. The van der Waals surface area contributed by atoms with E-state index < -0.39 is 0 Å². The van der Waals surface area contributed by atoms with Gasteiger partial charge in [0.25, 0.3) is 0 Å². The zero-order valence-corrected chi connectivity index (χ0v) is 10.0. The molecule has 17 heavy (non-hydrogen) atoms. The minimum Gasteiger partial charge on any atom is -0.328 e. The zero-order valence-electron chi connectivity index (χ0n) is 10.0. The van der Waals surface area contributed by atoms with Crippen LogP contribution in [0.3, 0.4) is 0 Å². The molecule has 5 nitrogen and oxygen atoms in total. The van der Waals surface area contributed by atoms with Gasteiger partial charge < -0.3 is 15.5 Å². The first-order valence-electron chi connectivity index (χ1n) is 5.92. The summed E-state index contributed by atoms with van der Waals surface area (Å²) in [6.07, 6.45) is 2.73. The van der Waals surface area contributed by atoms with Gasteiger partial charge in [-0.3, -0.25) is 4.98 Å². The fourth-order valence-corrected chi connectivity index (χ4v) is 1.98. The van der Waals surface area contributed by atoms with Gasteiger partial charge >= 0.3 is 6.03 Å². The van der Waals surface area contributed by atoms with Crippen molar-refractivity contribution in [3.8, 4) is 0 Å². The minimum absolute atomic E-state index is 0.0109. The Bertz CT molecular complexity index is 368. The molecule has 0 saturated carbocycles. The van der Waals surface area contributed by atoms with Gasteiger partial charge in [-0.2, -0.15) is 0 Å². The smallest absolute Gasteiger partial charge is 0.318 e. The quantitative estimate of drug-likeness (QED) is 0.739. The fourth-order valence-electron chi connectivity index (χ4n) is 1.98. The Labute approximate surface area is 101 Å². The highest BCUT2D eigenvalue weighted by atomic mass is 16.2. The molecule has 1 aliphatic rings. The van der Waals surface area contributed by atoms with E-state index in [9.17, 15) is 4.79 Å². The SMILES string of the molecule is CNCCCN1CC(c2ccccn2)NC1=O. The summed E-state index contributed by atoms with van der Waals surface area (Å²) >= 11 is 0. The number of aromatic nitrogens is 1. The van der Waals surface area contributed by atoms with Crippen molar-refractivity contribution >= 4 is 6.03 Å². The molecule has 0 bridgehead atoms. The molecule has 2 rings (SSSR count). The van der Waals surface area contributed by atoms with E-state index in [-0.39, 0.29) is 12.1 Å². The van der Waals surface area contributed by atoms with Crippen LogP contribution in [0.25, 0.3) is 0 Å². The van der Waals surface area contributed by atoms with Crippen molar-refractivity contribution in [3.05, 3.63) is 30.1 Å². The lowest BCUT2D eigenvalue weighted by molar-refractivity contribution is 0.217. The maximum Gasteiger partial charge on any atom is 0.318 e. The van der Waals surface area contributed by atoms with E-state index in [2.05, 4.69) is 15.6 Å². The molecule has 2 amide bonds. The number of urea groups is 1. The van der Waals surface area contributed by atoms with Gasteiger partial charge in [0.1, 0.15) is 0 Å². The summed E-state index contributed by atoms with van der Waals surface area (Å²) in [5, 5.41) is 6.03. The van der Waals surface area contributed by atoms with Gasteiger partial charge in [-0.15, -0.1) is 0 Å². The standard InChI is InChI=1S/C12H18N4O/c1-13-6-4-8-16-9-11(15-12(16)17)10-5-2-3-7-14-10/h2-3,5,7,11,13H,4,6,8-9H2,1H3,(H,15,17). The first kappa shape index (κ1) is 11.9. The summed E-state index contributed by atoms with van der Waals surface area (Å²) in [6, 6.07) is 5.81. The second-order valence-corrected chi connectivity index (χ2v) is 4.16. The molecule has 1 aromatic rings. The number of carbonyl (C=O) groups excluding carboxylic acids is 1. The van der Waals surface area contributed by atoms with Crippen LogP contribution in [0.4, 0.5) is 4.79 Å². The molecule has 1 atom stereocenters. The van der Waals surface area contributed by atoms with Crippen LogP contribution in [-0.2, 0) is 0 Å². The van der Waals surface area contributed by atoms with E-state index in [4.69, 9.17) is 0 Å². The molecule has 2 heterocycles. The van der Waals surface area contributed by atoms with E-state index >= 15 is 0 Å². The summed E-state index contributed by atoms with van der Waals surface area (Å²) in [7, 11) is 1.92. The molecule has 0 radical (unpaired) electrons. The third kappa shape index (κ3) is 2.94. The number of amides is 2. The first-order chi connectivity index (χ1) is 8.31. The number of nitrogens with one attached hydrogen (secondary N) is 2. The van der Waals surface area contributed by atoms with Crippen molar-refractivity contribution in [2.45, 2.75) is 12.5 Å².